The monoisotopic (exact) mass is 435 g/mol. The number of fused-ring (bicyclic) bond motifs is 1. The molecule has 9 nitrogen and oxygen atoms in total. The Labute approximate surface area is 186 Å². The van der Waals surface area contributed by atoms with Crippen molar-refractivity contribution in [2.45, 2.75) is 45.1 Å². The lowest BCUT2D eigenvalue weighted by Gasteiger charge is -2.26. The Morgan fingerprint density at radius 1 is 1.34 bits per heavy atom. The van der Waals surface area contributed by atoms with Crippen molar-refractivity contribution in [3.05, 3.63) is 35.7 Å². The van der Waals surface area contributed by atoms with Gasteiger partial charge in [-0.1, -0.05) is 19.3 Å². The second kappa shape index (κ2) is 9.35. The molecule has 0 spiro atoms. The van der Waals surface area contributed by atoms with E-state index in [9.17, 15) is 9.59 Å². The van der Waals surface area contributed by atoms with Crippen molar-refractivity contribution in [1.29, 1.82) is 0 Å². The van der Waals surface area contributed by atoms with Crippen LogP contribution in [-0.4, -0.2) is 39.3 Å². The number of nitrogens with zero attached hydrogens (tertiary/aromatic N) is 3. The van der Waals surface area contributed by atoms with E-state index < -0.39 is 6.04 Å². The predicted octanol–water partition coefficient (Wildman–Crippen LogP) is 2.80. The number of carbonyl (C=O) groups is 2. The fourth-order valence-electron chi connectivity index (χ4n) is 4.61. The van der Waals surface area contributed by atoms with E-state index in [1.165, 1.54) is 6.42 Å². The van der Waals surface area contributed by atoms with Gasteiger partial charge in [-0.2, -0.15) is 10.2 Å². The van der Waals surface area contributed by atoms with Gasteiger partial charge in [-0.05, 0) is 43.4 Å². The minimum atomic E-state index is -0.502. The van der Waals surface area contributed by atoms with Gasteiger partial charge in [-0.15, -0.1) is 0 Å². The normalized spacial score (nSPS) is 15.8. The summed E-state index contributed by atoms with van der Waals surface area (Å²) in [5.74, 6) is 0.0936. The molecule has 1 aliphatic rings. The van der Waals surface area contributed by atoms with Crippen LogP contribution in [0.4, 0.5) is 5.69 Å². The topological polar surface area (TPSA) is 130 Å². The van der Waals surface area contributed by atoms with Crippen LogP contribution >= 0.6 is 0 Å². The molecular formula is C23H29N7O2. The maximum atomic E-state index is 12.8. The highest BCUT2D eigenvalue weighted by Crippen LogP contribution is 2.33. The standard InChI is InChI=1S/C23H29N7O2/c1-14-8-17(28-23(32)21(24)15-6-4-3-5-7-15)9-19-20(14)18(11-25-26-13-31)22(29-19)16-10-27-30(2)12-16/h8-13,15,21,29H,3-7,24H2,1-2H3,(H,26,31)(H,28,32)/b25-11-/t21-/m1/s1. The number of hydrogen-bond acceptors (Lipinski definition) is 5. The third kappa shape index (κ3) is 4.43. The molecule has 5 N–H and O–H groups in total. The number of nitrogens with two attached hydrogens (primary N) is 1. The second-order valence-corrected chi connectivity index (χ2v) is 8.45. The van der Waals surface area contributed by atoms with Crippen molar-refractivity contribution in [3.8, 4) is 11.3 Å². The minimum Gasteiger partial charge on any atom is -0.354 e. The maximum Gasteiger partial charge on any atom is 0.241 e. The zero-order valence-electron chi connectivity index (χ0n) is 18.4. The average molecular weight is 436 g/mol. The summed E-state index contributed by atoms with van der Waals surface area (Å²) in [6.07, 6.45) is 11.3. The molecule has 0 bridgehead atoms. The molecule has 1 atom stereocenters. The Balaban J connectivity index is 1.68. The Morgan fingerprint density at radius 3 is 2.81 bits per heavy atom. The van der Waals surface area contributed by atoms with E-state index in [0.717, 1.165) is 59.0 Å². The van der Waals surface area contributed by atoms with Gasteiger partial charge in [0.15, 0.2) is 0 Å². The van der Waals surface area contributed by atoms with Crippen molar-refractivity contribution < 1.29 is 9.59 Å². The zero-order chi connectivity index (χ0) is 22.7. The number of rotatable bonds is 7. The molecule has 1 saturated carbocycles. The van der Waals surface area contributed by atoms with Gasteiger partial charge in [0, 0.05) is 41.0 Å². The largest absolute Gasteiger partial charge is 0.354 e. The molecule has 0 saturated heterocycles. The average Bonchev–Trinajstić information content (AvgIpc) is 3.37. The number of nitrogens with one attached hydrogen (secondary N) is 3. The first kappa shape index (κ1) is 21.8. The second-order valence-electron chi connectivity index (χ2n) is 8.45. The van der Waals surface area contributed by atoms with Gasteiger partial charge in [0.05, 0.1) is 24.1 Å². The number of carbonyl (C=O) groups excluding carboxylic acids is 2. The van der Waals surface area contributed by atoms with Crippen LogP contribution in [-0.2, 0) is 16.6 Å². The summed E-state index contributed by atoms with van der Waals surface area (Å²) in [6.45, 7) is 1.98. The van der Waals surface area contributed by atoms with Crippen molar-refractivity contribution in [3.63, 3.8) is 0 Å². The number of anilines is 1. The van der Waals surface area contributed by atoms with Gasteiger partial charge < -0.3 is 16.0 Å². The molecule has 1 aromatic carbocycles. The molecular weight excluding hydrogens is 406 g/mol. The van der Waals surface area contributed by atoms with Gasteiger partial charge in [0.1, 0.15) is 0 Å². The van der Waals surface area contributed by atoms with E-state index >= 15 is 0 Å². The SMILES string of the molecule is Cc1cc(NC(=O)[C@H](N)C2CCCCC2)cc2[nH]c(-c3cnn(C)c3)c(/C=N\NC=O)c12. The van der Waals surface area contributed by atoms with Gasteiger partial charge >= 0.3 is 0 Å². The van der Waals surface area contributed by atoms with Gasteiger partial charge in [-0.3, -0.25) is 14.3 Å². The van der Waals surface area contributed by atoms with Crippen LogP contribution in [0.1, 0.15) is 43.2 Å². The van der Waals surface area contributed by atoms with Crippen molar-refractivity contribution in [1.82, 2.24) is 20.2 Å². The van der Waals surface area contributed by atoms with Crippen LogP contribution in [0.2, 0.25) is 0 Å². The third-order valence-corrected chi connectivity index (χ3v) is 6.18. The summed E-state index contributed by atoms with van der Waals surface area (Å²) in [4.78, 5) is 26.9. The van der Waals surface area contributed by atoms with E-state index in [1.54, 1.807) is 17.1 Å². The molecule has 9 heteroatoms. The molecule has 4 rings (SSSR count). The van der Waals surface area contributed by atoms with E-state index in [2.05, 4.69) is 25.9 Å². The molecule has 0 unspecified atom stereocenters. The highest BCUT2D eigenvalue weighted by Gasteiger charge is 2.26. The molecule has 2 aromatic heterocycles. The number of H-pyrrole nitrogens is 1. The van der Waals surface area contributed by atoms with Gasteiger partial charge in [0.25, 0.3) is 0 Å². The Hall–Kier alpha value is -3.46. The summed E-state index contributed by atoms with van der Waals surface area (Å²) in [5, 5.41) is 12.2. The minimum absolute atomic E-state index is 0.147. The van der Waals surface area contributed by atoms with Crippen molar-refractivity contribution >= 4 is 35.1 Å². The number of hydrazone groups is 1. The summed E-state index contributed by atoms with van der Waals surface area (Å²) in [6, 6.07) is 3.33. The summed E-state index contributed by atoms with van der Waals surface area (Å²) < 4.78 is 1.72. The smallest absolute Gasteiger partial charge is 0.241 e. The quantitative estimate of drug-likeness (QED) is 0.258. The molecule has 168 valence electrons. The Kier molecular flexibility index (Phi) is 6.36. The summed E-state index contributed by atoms with van der Waals surface area (Å²) in [7, 11) is 1.85. The third-order valence-electron chi connectivity index (χ3n) is 6.18. The predicted molar refractivity (Wildman–Crippen MR) is 125 cm³/mol. The lowest BCUT2D eigenvalue weighted by molar-refractivity contribution is -0.118. The first-order chi connectivity index (χ1) is 15.5. The van der Waals surface area contributed by atoms with Crippen LogP contribution in [0.15, 0.2) is 29.6 Å². The number of hydrogen-bond donors (Lipinski definition) is 4. The van der Waals surface area contributed by atoms with E-state index in [-0.39, 0.29) is 11.8 Å². The van der Waals surface area contributed by atoms with Crippen molar-refractivity contribution in [2.24, 2.45) is 23.8 Å². The molecule has 2 heterocycles. The molecule has 0 aliphatic heterocycles. The number of aromatic nitrogens is 3. The van der Waals surface area contributed by atoms with Crippen molar-refractivity contribution in [2.75, 3.05) is 5.32 Å². The molecule has 1 aliphatic carbocycles. The molecule has 32 heavy (non-hydrogen) atoms. The maximum absolute atomic E-state index is 12.8. The molecule has 2 amide bonds. The summed E-state index contributed by atoms with van der Waals surface area (Å²) >= 11 is 0. The lowest BCUT2D eigenvalue weighted by Crippen LogP contribution is -2.42. The fourth-order valence-corrected chi connectivity index (χ4v) is 4.61. The van der Waals surface area contributed by atoms with Gasteiger partial charge in [-0.25, -0.2) is 5.43 Å². The van der Waals surface area contributed by atoms with Crippen LogP contribution in [0.3, 0.4) is 0 Å². The fraction of sp³-hybridized carbons (Fsp3) is 0.391. The molecule has 1 fully saturated rings. The van der Waals surface area contributed by atoms with Gasteiger partial charge in [0.2, 0.25) is 12.3 Å². The highest BCUT2D eigenvalue weighted by atomic mass is 16.2. The zero-order valence-corrected chi connectivity index (χ0v) is 18.4. The number of amides is 2. The number of aryl methyl sites for hydroxylation is 2. The van der Waals surface area contributed by atoms with Crippen LogP contribution < -0.4 is 16.5 Å². The molecule has 3 aromatic rings. The van der Waals surface area contributed by atoms with E-state index in [1.807, 2.05) is 32.3 Å². The van der Waals surface area contributed by atoms with Crippen LogP contribution in [0.5, 0.6) is 0 Å². The lowest BCUT2D eigenvalue weighted by atomic mass is 9.84. The first-order valence-corrected chi connectivity index (χ1v) is 10.9. The Bertz CT molecular complexity index is 1150. The van der Waals surface area contributed by atoms with E-state index in [0.29, 0.717) is 12.1 Å². The molecule has 0 radical (unpaired) electrons. The van der Waals surface area contributed by atoms with Crippen LogP contribution in [0.25, 0.3) is 22.2 Å². The van der Waals surface area contributed by atoms with Crippen LogP contribution in [0, 0.1) is 12.8 Å². The number of benzene rings is 1. The highest BCUT2D eigenvalue weighted by molar-refractivity contribution is 6.08. The Morgan fingerprint density at radius 2 is 2.12 bits per heavy atom. The van der Waals surface area contributed by atoms with E-state index in [4.69, 9.17) is 5.73 Å². The first-order valence-electron chi connectivity index (χ1n) is 10.9. The number of aromatic amines is 1. The summed E-state index contributed by atoms with van der Waals surface area (Å²) in [5.41, 5.74) is 13.7.